The Hall–Kier alpha value is -7.43. The van der Waals surface area contributed by atoms with Crippen LogP contribution in [0, 0.1) is 0 Å². The van der Waals surface area contributed by atoms with Crippen molar-refractivity contribution in [2.45, 2.75) is 0 Å². The molecule has 0 aliphatic heterocycles. The topological polar surface area (TPSA) is 43.6 Å². The van der Waals surface area contributed by atoms with E-state index in [-0.39, 0.29) is 0 Å². The summed E-state index contributed by atoms with van der Waals surface area (Å²) >= 11 is 0. The summed E-state index contributed by atoms with van der Waals surface area (Å²) in [5, 5.41) is 2.50. The summed E-state index contributed by atoms with van der Waals surface area (Å²) in [6, 6.07) is 68.5. The molecule has 0 saturated carbocycles. The van der Waals surface area contributed by atoms with E-state index in [2.05, 4.69) is 179 Å². The maximum Gasteiger partial charge on any atom is 0.160 e. The second-order valence-corrected chi connectivity index (χ2v) is 13.7. The number of rotatable bonds is 7. The number of fused-ring (bicyclic) bond motifs is 3. The largest absolute Gasteiger partial charge is 0.309 e. The van der Waals surface area contributed by atoms with E-state index in [4.69, 9.17) is 9.97 Å². The van der Waals surface area contributed by atoms with Crippen LogP contribution in [-0.4, -0.2) is 19.5 Å². The lowest BCUT2D eigenvalue weighted by Gasteiger charge is -2.12. The van der Waals surface area contributed by atoms with E-state index in [1.807, 2.05) is 30.5 Å². The Kier molecular flexibility index (Phi) is 8.12. The number of nitrogens with zero attached hydrogens (tertiary/aromatic N) is 4. The van der Waals surface area contributed by atoms with Gasteiger partial charge in [0.15, 0.2) is 5.82 Å². The average molecular weight is 703 g/mol. The van der Waals surface area contributed by atoms with Crippen molar-refractivity contribution in [1.82, 2.24) is 19.5 Å². The number of benzene rings is 7. The number of para-hydroxylation sites is 2. The molecule has 0 N–H and O–H groups in total. The van der Waals surface area contributed by atoms with Crippen molar-refractivity contribution in [3.63, 3.8) is 0 Å². The van der Waals surface area contributed by atoms with Gasteiger partial charge in [0.2, 0.25) is 0 Å². The summed E-state index contributed by atoms with van der Waals surface area (Å²) in [5.41, 5.74) is 15.1. The van der Waals surface area contributed by atoms with Gasteiger partial charge in [0, 0.05) is 45.5 Å². The molecule has 0 unspecified atom stereocenters. The molecule has 4 nitrogen and oxygen atoms in total. The molecule has 0 amide bonds. The van der Waals surface area contributed by atoms with Gasteiger partial charge in [-0.2, -0.15) is 0 Å². The molecule has 0 radical (unpaired) electrons. The summed E-state index contributed by atoms with van der Waals surface area (Å²) in [4.78, 5) is 14.5. The number of hydrogen-bond acceptors (Lipinski definition) is 3. The zero-order valence-electron chi connectivity index (χ0n) is 29.9. The molecule has 0 bridgehead atoms. The van der Waals surface area contributed by atoms with Crippen LogP contribution in [-0.2, 0) is 0 Å². The first kappa shape index (κ1) is 32.2. The van der Waals surface area contributed by atoms with Gasteiger partial charge in [-0.3, -0.25) is 4.98 Å². The Bertz CT molecular complexity index is 2950. The molecule has 0 aliphatic rings. The molecule has 3 aromatic heterocycles. The average Bonchev–Trinajstić information content (AvgIpc) is 3.61. The molecule has 3 heterocycles. The van der Waals surface area contributed by atoms with Crippen LogP contribution in [0.1, 0.15) is 0 Å². The van der Waals surface area contributed by atoms with E-state index in [0.717, 1.165) is 56.0 Å². The van der Waals surface area contributed by atoms with E-state index in [1.54, 1.807) is 6.20 Å². The smallest absolute Gasteiger partial charge is 0.160 e. The zero-order valence-corrected chi connectivity index (χ0v) is 29.9. The van der Waals surface area contributed by atoms with Crippen molar-refractivity contribution < 1.29 is 0 Å². The standard InChI is InChI=1S/C51H34N4/c1-3-12-37(13-4-1)51-53-47(36-25-23-35(24-26-36)43-18-11-29-52-34-43)33-48(54-51)42-17-10-16-40(31-42)38-14-9-15-39(30-38)41-27-28-46-45-21-7-8-22-49(45)55(50(46)32-41)44-19-5-2-6-20-44/h1-34H. The quantitative estimate of drug-likeness (QED) is 0.166. The summed E-state index contributed by atoms with van der Waals surface area (Å²) in [7, 11) is 0. The predicted octanol–water partition coefficient (Wildman–Crippen LogP) is 13.0. The summed E-state index contributed by atoms with van der Waals surface area (Å²) in [6.45, 7) is 0. The molecule has 4 heteroatoms. The minimum Gasteiger partial charge on any atom is -0.309 e. The van der Waals surface area contributed by atoms with E-state index in [9.17, 15) is 0 Å². The number of aromatic nitrogens is 4. The fourth-order valence-corrected chi connectivity index (χ4v) is 7.57. The zero-order chi connectivity index (χ0) is 36.6. The Morgan fingerprint density at radius 3 is 1.60 bits per heavy atom. The third-order valence-electron chi connectivity index (χ3n) is 10.3. The fourth-order valence-electron chi connectivity index (χ4n) is 7.57. The van der Waals surface area contributed by atoms with Crippen molar-refractivity contribution in [3.8, 4) is 73.0 Å². The second-order valence-electron chi connectivity index (χ2n) is 13.7. The monoisotopic (exact) mass is 702 g/mol. The molecule has 0 spiro atoms. The Morgan fingerprint density at radius 2 is 0.873 bits per heavy atom. The van der Waals surface area contributed by atoms with E-state index in [1.165, 1.54) is 32.9 Å². The summed E-state index contributed by atoms with van der Waals surface area (Å²) < 4.78 is 2.37. The molecule has 0 saturated heterocycles. The minimum atomic E-state index is 0.695. The van der Waals surface area contributed by atoms with Gasteiger partial charge in [0.05, 0.1) is 22.4 Å². The lowest BCUT2D eigenvalue weighted by Crippen LogP contribution is -1.96. The molecule has 55 heavy (non-hydrogen) atoms. The van der Waals surface area contributed by atoms with Gasteiger partial charge in [-0.15, -0.1) is 0 Å². The lowest BCUT2D eigenvalue weighted by atomic mass is 9.96. The molecular formula is C51H34N4. The Balaban J connectivity index is 1.04. The molecule has 10 rings (SSSR count). The molecule has 0 aliphatic carbocycles. The molecule has 258 valence electrons. The first-order valence-corrected chi connectivity index (χ1v) is 18.5. The SMILES string of the molecule is c1ccc(-c2nc(-c3ccc(-c4cccnc4)cc3)cc(-c3cccc(-c4cccc(-c5ccc6c7ccccc7n(-c7ccccc7)c6c5)c4)c3)n2)cc1. The highest BCUT2D eigenvalue weighted by molar-refractivity contribution is 6.10. The first-order valence-electron chi connectivity index (χ1n) is 18.5. The molecule has 0 fully saturated rings. The second kappa shape index (κ2) is 13.8. The maximum atomic E-state index is 5.12. The van der Waals surface area contributed by atoms with Gasteiger partial charge in [0.25, 0.3) is 0 Å². The van der Waals surface area contributed by atoms with Crippen LogP contribution >= 0.6 is 0 Å². The number of pyridine rings is 1. The van der Waals surface area contributed by atoms with E-state index in [0.29, 0.717) is 5.82 Å². The van der Waals surface area contributed by atoms with Gasteiger partial charge in [-0.1, -0.05) is 146 Å². The van der Waals surface area contributed by atoms with Gasteiger partial charge in [0.1, 0.15) is 0 Å². The molecule has 0 atom stereocenters. The van der Waals surface area contributed by atoms with Crippen LogP contribution in [0.2, 0.25) is 0 Å². The van der Waals surface area contributed by atoms with E-state index >= 15 is 0 Å². The predicted molar refractivity (Wildman–Crippen MR) is 227 cm³/mol. The minimum absolute atomic E-state index is 0.695. The van der Waals surface area contributed by atoms with Gasteiger partial charge in [-0.25, -0.2) is 9.97 Å². The van der Waals surface area contributed by atoms with Crippen LogP contribution < -0.4 is 0 Å². The van der Waals surface area contributed by atoms with Crippen LogP contribution in [0.4, 0.5) is 0 Å². The van der Waals surface area contributed by atoms with Crippen molar-refractivity contribution in [2.24, 2.45) is 0 Å². The van der Waals surface area contributed by atoms with Crippen LogP contribution in [0.3, 0.4) is 0 Å². The van der Waals surface area contributed by atoms with Gasteiger partial charge < -0.3 is 4.57 Å². The Morgan fingerprint density at radius 1 is 0.327 bits per heavy atom. The fraction of sp³-hybridized carbons (Fsp3) is 0. The van der Waals surface area contributed by atoms with Gasteiger partial charge in [-0.05, 0) is 81.9 Å². The van der Waals surface area contributed by atoms with Crippen LogP contribution in [0.15, 0.2) is 207 Å². The maximum absolute atomic E-state index is 5.12. The van der Waals surface area contributed by atoms with Crippen LogP contribution in [0.25, 0.3) is 94.8 Å². The normalized spacial score (nSPS) is 11.3. The molecular weight excluding hydrogens is 669 g/mol. The highest BCUT2D eigenvalue weighted by atomic mass is 15.0. The van der Waals surface area contributed by atoms with E-state index < -0.39 is 0 Å². The Labute approximate surface area is 319 Å². The third kappa shape index (κ3) is 6.16. The van der Waals surface area contributed by atoms with Crippen molar-refractivity contribution in [1.29, 1.82) is 0 Å². The van der Waals surface area contributed by atoms with Crippen molar-refractivity contribution in [3.05, 3.63) is 207 Å². The number of hydrogen-bond donors (Lipinski definition) is 0. The summed E-state index contributed by atoms with van der Waals surface area (Å²) in [5.74, 6) is 0.695. The third-order valence-corrected chi connectivity index (χ3v) is 10.3. The van der Waals surface area contributed by atoms with Crippen molar-refractivity contribution in [2.75, 3.05) is 0 Å². The first-order chi connectivity index (χ1) is 27.2. The van der Waals surface area contributed by atoms with Gasteiger partial charge >= 0.3 is 0 Å². The molecule has 10 aromatic rings. The lowest BCUT2D eigenvalue weighted by molar-refractivity contribution is 1.18. The highest BCUT2D eigenvalue weighted by Gasteiger charge is 2.15. The highest BCUT2D eigenvalue weighted by Crippen LogP contribution is 2.37. The summed E-state index contributed by atoms with van der Waals surface area (Å²) in [6.07, 6.45) is 3.68. The molecule has 7 aromatic carbocycles. The van der Waals surface area contributed by atoms with Crippen molar-refractivity contribution >= 4 is 21.8 Å². The van der Waals surface area contributed by atoms with Crippen LogP contribution in [0.5, 0.6) is 0 Å².